The maximum Gasteiger partial charge on any atom is 0.261 e. The summed E-state index contributed by atoms with van der Waals surface area (Å²) in [6.45, 7) is 2.48. The van der Waals surface area contributed by atoms with E-state index >= 15 is 0 Å². The molecule has 1 fully saturated rings. The number of nitrogens with one attached hydrogen (secondary N) is 1. The van der Waals surface area contributed by atoms with Crippen LogP contribution in [0.5, 0.6) is 0 Å². The molecule has 3 aromatic heterocycles. The Labute approximate surface area is 260 Å². The number of carbonyl (C=O) groups excluding carboxylic acids is 2. The molecule has 7 rings (SSSR count). The minimum absolute atomic E-state index is 0.0130. The Morgan fingerprint density at radius 1 is 1.00 bits per heavy atom. The van der Waals surface area contributed by atoms with Crippen LogP contribution in [0.1, 0.15) is 67.1 Å². The number of halogens is 3. The van der Waals surface area contributed by atoms with E-state index in [1.54, 1.807) is 18.2 Å². The SMILES string of the molecule is Cc1ncoc1-c1c(CCc2ccc(F)cc2)nc2c(c1-c1ccc(C(=O)NCc3ccc(F)c(F)c3)s1)C(=O)N1CCC[C@H]21. The Morgan fingerprint density at radius 3 is 2.56 bits per heavy atom. The normalized spacial score (nSPS) is 15.4. The van der Waals surface area contributed by atoms with Crippen LogP contribution < -0.4 is 5.32 Å². The highest BCUT2D eigenvalue weighted by molar-refractivity contribution is 7.17. The molecule has 5 aromatic rings. The lowest BCUT2D eigenvalue weighted by Crippen LogP contribution is -2.22. The highest BCUT2D eigenvalue weighted by Crippen LogP contribution is 2.49. The summed E-state index contributed by atoms with van der Waals surface area (Å²) in [6, 6.07) is 13.2. The highest BCUT2D eigenvalue weighted by Gasteiger charge is 2.44. The Bertz CT molecular complexity index is 1950. The maximum absolute atomic E-state index is 13.9. The van der Waals surface area contributed by atoms with Crippen LogP contribution in [0.3, 0.4) is 0 Å². The molecule has 5 heterocycles. The summed E-state index contributed by atoms with van der Waals surface area (Å²) in [6.07, 6.45) is 4.13. The van der Waals surface area contributed by atoms with Crippen molar-refractivity contribution in [3.63, 3.8) is 0 Å². The molecule has 0 spiro atoms. The third-order valence-electron chi connectivity index (χ3n) is 8.39. The lowest BCUT2D eigenvalue weighted by atomic mass is 9.91. The summed E-state index contributed by atoms with van der Waals surface area (Å²) in [4.78, 5) is 39.5. The fourth-order valence-electron chi connectivity index (χ4n) is 6.19. The predicted octanol–water partition coefficient (Wildman–Crippen LogP) is 7.20. The van der Waals surface area contributed by atoms with E-state index in [1.807, 2.05) is 17.9 Å². The molecule has 45 heavy (non-hydrogen) atoms. The second-order valence-corrected chi connectivity index (χ2v) is 12.3. The van der Waals surface area contributed by atoms with E-state index in [2.05, 4.69) is 10.3 Å². The van der Waals surface area contributed by atoms with Gasteiger partial charge in [0, 0.05) is 23.5 Å². The first kappa shape index (κ1) is 29.0. The van der Waals surface area contributed by atoms with Gasteiger partial charge in [-0.1, -0.05) is 18.2 Å². The van der Waals surface area contributed by atoms with E-state index in [-0.39, 0.29) is 30.2 Å². The summed E-state index contributed by atoms with van der Waals surface area (Å²) in [5.41, 5.74) is 5.25. The average Bonchev–Trinajstić information content (AvgIpc) is 3.84. The van der Waals surface area contributed by atoms with Crippen molar-refractivity contribution in [1.82, 2.24) is 20.2 Å². The quantitative estimate of drug-likeness (QED) is 0.196. The van der Waals surface area contributed by atoms with E-state index in [0.717, 1.165) is 41.9 Å². The first-order valence-electron chi connectivity index (χ1n) is 14.6. The van der Waals surface area contributed by atoms with Gasteiger partial charge in [0.25, 0.3) is 11.8 Å². The van der Waals surface area contributed by atoms with Crippen LogP contribution in [-0.2, 0) is 19.4 Å². The Balaban J connectivity index is 1.31. The van der Waals surface area contributed by atoms with Crippen LogP contribution in [0.25, 0.3) is 21.8 Å². The number of fused-ring (bicyclic) bond motifs is 3. The average molecular weight is 629 g/mol. The second-order valence-electron chi connectivity index (χ2n) is 11.2. The lowest BCUT2D eigenvalue weighted by Gasteiger charge is -2.17. The van der Waals surface area contributed by atoms with Crippen LogP contribution in [0.2, 0.25) is 0 Å². The number of thiophene rings is 1. The molecule has 0 aliphatic carbocycles. The van der Waals surface area contributed by atoms with E-state index in [4.69, 9.17) is 9.40 Å². The smallest absolute Gasteiger partial charge is 0.261 e. The van der Waals surface area contributed by atoms with Crippen molar-refractivity contribution >= 4 is 23.2 Å². The molecule has 7 nitrogen and oxygen atoms in total. The van der Waals surface area contributed by atoms with Gasteiger partial charge < -0.3 is 14.6 Å². The third-order valence-corrected chi connectivity index (χ3v) is 9.49. The first-order valence-corrected chi connectivity index (χ1v) is 15.4. The molecule has 1 saturated heterocycles. The topological polar surface area (TPSA) is 88.3 Å². The lowest BCUT2D eigenvalue weighted by molar-refractivity contribution is 0.0776. The number of aromatic nitrogens is 2. The zero-order valence-corrected chi connectivity index (χ0v) is 25.0. The van der Waals surface area contributed by atoms with E-state index in [0.29, 0.717) is 62.8 Å². The summed E-state index contributed by atoms with van der Waals surface area (Å²) in [7, 11) is 0. The van der Waals surface area contributed by atoms with Crippen LogP contribution in [0.15, 0.2) is 65.4 Å². The van der Waals surface area contributed by atoms with Gasteiger partial charge in [-0.3, -0.25) is 14.6 Å². The number of nitrogens with zero attached hydrogens (tertiary/aromatic N) is 3. The number of aryl methyl sites for hydroxylation is 3. The van der Waals surface area contributed by atoms with Crippen molar-refractivity contribution < 1.29 is 27.2 Å². The molecule has 1 N–H and O–H groups in total. The Kier molecular flexibility index (Phi) is 7.48. The van der Waals surface area contributed by atoms with Crippen molar-refractivity contribution in [2.45, 2.75) is 45.2 Å². The first-order chi connectivity index (χ1) is 21.8. The fraction of sp³-hybridized carbons (Fsp3) is 0.235. The molecule has 0 bridgehead atoms. The monoisotopic (exact) mass is 628 g/mol. The van der Waals surface area contributed by atoms with Gasteiger partial charge in [-0.2, -0.15) is 0 Å². The molecule has 1 atom stereocenters. The number of pyridine rings is 1. The van der Waals surface area contributed by atoms with Gasteiger partial charge in [-0.15, -0.1) is 11.3 Å². The molecule has 2 aliphatic heterocycles. The molecule has 2 aromatic carbocycles. The van der Waals surface area contributed by atoms with Crippen molar-refractivity contribution in [3.05, 3.63) is 117 Å². The standard InChI is InChI=1S/C34H27F3N4O3S/c1-18-32(44-17-39-18)28-24(11-7-19-4-8-21(35)9-5-19)40-31-25-3-2-14-41(25)34(43)30(31)29(28)26-12-13-27(45-26)33(42)38-16-20-6-10-22(36)23(37)15-20/h4-6,8-10,12-13,15,17,25H,2-3,7,11,14,16H2,1H3,(H,38,42)/t25-/m1/s1. The molecule has 11 heteroatoms. The van der Waals surface area contributed by atoms with Crippen molar-refractivity contribution in [2.24, 2.45) is 0 Å². The van der Waals surface area contributed by atoms with Crippen molar-refractivity contribution in [3.8, 4) is 21.8 Å². The minimum Gasteiger partial charge on any atom is -0.443 e. The van der Waals surface area contributed by atoms with Crippen molar-refractivity contribution in [1.29, 1.82) is 0 Å². The van der Waals surface area contributed by atoms with Gasteiger partial charge >= 0.3 is 0 Å². The highest BCUT2D eigenvalue weighted by atomic mass is 32.1. The fourth-order valence-corrected chi connectivity index (χ4v) is 7.17. The number of hydrogen-bond acceptors (Lipinski definition) is 6. The number of carbonyl (C=O) groups is 2. The molecule has 0 saturated carbocycles. The number of amides is 2. The van der Waals surface area contributed by atoms with Gasteiger partial charge in [0.1, 0.15) is 5.82 Å². The van der Waals surface area contributed by atoms with Gasteiger partial charge in [-0.05, 0) is 80.1 Å². The second kappa shape index (κ2) is 11.6. The predicted molar refractivity (Wildman–Crippen MR) is 162 cm³/mol. The molecular weight excluding hydrogens is 601 g/mol. The van der Waals surface area contributed by atoms with E-state index in [1.165, 1.54) is 35.9 Å². The number of oxazole rings is 1. The van der Waals surface area contributed by atoms with E-state index in [9.17, 15) is 22.8 Å². The number of benzene rings is 2. The molecule has 0 radical (unpaired) electrons. The number of hydrogen-bond donors (Lipinski definition) is 1. The molecule has 0 unspecified atom stereocenters. The molecule has 2 amide bonds. The zero-order valence-electron chi connectivity index (χ0n) is 24.2. The maximum atomic E-state index is 13.9. The van der Waals surface area contributed by atoms with Crippen LogP contribution in [-0.4, -0.2) is 33.2 Å². The summed E-state index contributed by atoms with van der Waals surface area (Å²) in [5.74, 6) is -2.24. The van der Waals surface area contributed by atoms with Crippen LogP contribution in [0, 0.1) is 24.4 Å². The largest absolute Gasteiger partial charge is 0.443 e. The zero-order chi connectivity index (χ0) is 31.2. The van der Waals surface area contributed by atoms with Gasteiger partial charge in [-0.25, -0.2) is 18.2 Å². The van der Waals surface area contributed by atoms with Gasteiger partial charge in [0.05, 0.1) is 39.1 Å². The van der Waals surface area contributed by atoms with Crippen molar-refractivity contribution in [2.75, 3.05) is 6.54 Å². The summed E-state index contributed by atoms with van der Waals surface area (Å²) >= 11 is 1.22. The van der Waals surface area contributed by atoms with Gasteiger partial charge in [0.15, 0.2) is 23.8 Å². The minimum atomic E-state index is -0.984. The summed E-state index contributed by atoms with van der Waals surface area (Å²) < 4.78 is 46.5. The third kappa shape index (κ3) is 5.31. The summed E-state index contributed by atoms with van der Waals surface area (Å²) in [5, 5.41) is 2.76. The Hall–Kier alpha value is -4.77. The van der Waals surface area contributed by atoms with Crippen LogP contribution >= 0.6 is 11.3 Å². The number of rotatable bonds is 8. The Morgan fingerprint density at radius 2 is 1.80 bits per heavy atom. The van der Waals surface area contributed by atoms with Gasteiger partial charge in [0.2, 0.25) is 0 Å². The van der Waals surface area contributed by atoms with E-state index < -0.39 is 11.6 Å². The van der Waals surface area contributed by atoms with Crippen LogP contribution in [0.4, 0.5) is 13.2 Å². The molecular formula is C34H27F3N4O3S. The molecule has 2 aliphatic rings. The molecule has 228 valence electrons.